The molecule has 1 atom stereocenters. The Kier molecular flexibility index (Phi) is 7.38. The van der Waals surface area contributed by atoms with Crippen LogP contribution in [0.1, 0.15) is 26.2 Å². The lowest BCUT2D eigenvalue weighted by molar-refractivity contribution is -0.147. The van der Waals surface area contributed by atoms with Crippen molar-refractivity contribution in [1.29, 1.82) is 0 Å². The molecule has 4 rings (SSSR count). The Balaban J connectivity index is 1.51. The smallest absolute Gasteiger partial charge is 0.307 e. The van der Waals surface area contributed by atoms with Crippen molar-refractivity contribution in [2.24, 2.45) is 0 Å². The van der Waals surface area contributed by atoms with Crippen molar-refractivity contribution >= 4 is 40.8 Å². The van der Waals surface area contributed by atoms with Crippen molar-refractivity contribution < 1.29 is 19.1 Å². The third kappa shape index (κ3) is 5.03. The van der Waals surface area contributed by atoms with E-state index in [1.165, 1.54) is 0 Å². The molecule has 34 heavy (non-hydrogen) atoms. The van der Waals surface area contributed by atoms with E-state index < -0.39 is 17.6 Å². The van der Waals surface area contributed by atoms with Crippen LogP contribution in [0.3, 0.4) is 0 Å². The van der Waals surface area contributed by atoms with Crippen molar-refractivity contribution in [3.05, 3.63) is 59.6 Å². The molecule has 2 heterocycles. The first-order valence-electron chi connectivity index (χ1n) is 11.5. The van der Waals surface area contributed by atoms with Crippen LogP contribution in [0.25, 0.3) is 0 Å². The Morgan fingerprint density at radius 3 is 2.56 bits per heavy atom. The zero-order valence-electron chi connectivity index (χ0n) is 19.1. The first kappa shape index (κ1) is 24.0. The van der Waals surface area contributed by atoms with Crippen LogP contribution in [0.5, 0.6) is 0 Å². The Bertz CT molecular complexity index is 1040. The molecule has 2 aliphatic rings. The van der Waals surface area contributed by atoms with E-state index >= 15 is 0 Å². The highest BCUT2D eigenvalue weighted by Gasteiger charge is 2.51. The summed E-state index contributed by atoms with van der Waals surface area (Å²) in [6.07, 6.45) is 1.01. The number of hydrogen-bond acceptors (Lipinski definition) is 6. The third-order valence-electron chi connectivity index (χ3n) is 6.53. The van der Waals surface area contributed by atoms with Gasteiger partial charge < -0.3 is 20.3 Å². The molecule has 2 aliphatic heterocycles. The van der Waals surface area contributed by atoms with Crippen molar-refractivity contribution in [1.82, 2.24) is 10.2 Å². The SMILES string of the molecule is CCOC(=O)CC(C(=O)Nc1cccc(Cl)c1)N1CCC2(CC1)C(=O)NCN2c1ccccc1. The number of para-hydroxylation sites is 1. The first-order valence-corrected chi connectivity index (χ1v) is 11.9. The summed E-state index contributed by atoms with van der Waals surface area (Å²) in [6.45, 7) is 3.41. The van der Waals surface area contributed by atoms with E-state index in [1.54, 1.807) is 31.2 Å². The molecule has 1 unspecified atom stereocenters. The van der Waals surface area contributed by atoms with E-state index in [2.05, 4.69) is 15.5 Å². The molecule has 180 valence electrons. The lowest BCUT2D eigenvalue weighted by Crippen LogP contribution is -2.59. The summed E-state index contributed by atoms with van der Waals surface area (Å²) >= 11 is 6.05. The van der Waals surface area contributed by atoms with Gasteiger partial charge in [0.1, 0.15) is 11.6 Å². The van der Waals surface area contributed by atoms with Crippen molar-refractivity contribution in [3.8, 4) is 0 Å². The normalized spacial score (nSPS) is 18.4. The zero-order valence-corrected chi connectivity index (χ0v) is 19.9. The van der Waals surface area contributed by atoms with Crippen LogP contribution >= 0.6 is 11.6 Å². The molecular formula is C25H29ClN4O4. The zero-order chi connectivity index (χ0) is 24.1. The van der Waals surface area contributed by atoms with E-state index in [-0.39, 0.29) is 24.8 Å². The monoisotopic (exact) mass is 484 g/mol. The summed E-state index contributed by atoms with van der Waals surface area (Å²) in [4.78, 5) is 42.6. The molecule has 1 spiro atoms. The van der Waals surface area contributed by atoms with Crippen LogP contribution in [-0.4, -0.2) is 60.6 Å². The minimum absolute atomic E-state index is 0.00123. The lowest BCUT2D eigenvalue weighted by Gasteiger charge is -2.45. The number of esters is 1. The lowest BCUT2D eigenvalue weighted by atomic mass is 9.85. The number of anilines is 2. The number of nitrogens with zero attached hydrogens (tertiary/aromatic N) is 2. The Hall–Kier alpha value is -3.10. The molecule has 2 fully saturated rings. The van der Waals surface area contributed by atoms with Gasteiger partial charge >= 0.3 is 5.97 Å². The average molecular weight is 485 g/mol. The minimum atomic E-state index is -0.718. The maximum absolute atomic E-state index is 13.2. The highest BCUT2D eigenvalue weighted by atomic mass is 35.5. The fraction of sp³-hybridized carbons (Fsp3) is 0.400. The van der Waals surface area contributed by atoms with Crippen molar-refractivity contribution in [2.45, 2.75) is 37.8 Å². The standard InChI is InChI=1S/C25H29ClN4O4/c1-2-34-22(31)16-21(23(32)28-19-8-6-7-18(26)15-19)29-13-11-25(12-14-29)24(33)27-17-30(25)20-9-4-3-5-10-20/h3-10,15,21H,2,11-14,16-17H2,1H3,(H,27,33)(H,28,32). The number of amides is 2. The summed E-state index contributed by atoms with van der Waals surface area (Å²) in [5.41, 5.74) is 0.872. The molecule has 9 heteroatoms. The number of rotatable bonds is 7. The van der Waals surface area contributed by atoms with Crippen molar-refractivity contribution in [3.63, 3.8) is 0 Å². The van der Waals surface area contributed by atoms with Crippen LogP contribution < -0.4 is 15.5 Å². The number of carbonyl (C=O) groups is 3. The quantitative estimate of drug-likeness (QED) is 0.587. The van der Waals surface area contributed by atoms with Gasteiger partial charge in [-0.1, -0.05) is 35.9 Å². The number of carbonyl (C=O) groups excluding carboxylic acids is 3. The van der Waals surface area contributed by atoms with Gasteiger partial charge in [-0.25, -0.2) is 0 Å². The molecule has 8 nitrogen and oxygen atoms in total. The number of halogens is 1. The molecule has 2 aromatic carbocycles. The minimum Gasteiger partial charge on any atom is -0.466 e. The van der Waals surface area contributed by atoms with Gasteiger partial charge in [0.25, 0.3) is 0 Å². The largest absolute Gasteiger partial charge is 0.466 e. The Labute approximate surface area is 204 Å². The average Bonchev–Trinajstić information content (AvgIpc) is 3.14. The molecule has 2 amide bonds. The van der Waals surface area contributed by atoms with E-state index in [9.17, 15) is 14.4 Å². The molecular weight excluding hydrogens is 456 g/mol. The van der Waals surface area contributed by atoms with Crippen LogP contribution in [0.4, 0.5) is 11.4 Å². The van der Waals surface area contributed by atoms with Gasteiger partial charge in [0, 0.05) is 29.5 Å². The van der Waals surface area contributed by atoms with Crippen molar-refractivity contribution in [2.75, 3.05) is 36.6 Å². The highest BCUT2D eigenvalue weighted by molar-refractivity contribution is 6.30. The van der Waals surface area contributed by atoms with Crippen LogP contribution in [0.15, 0.2) is 54.6 Å². The number of likely N-dealkylation sites (tertiary alicyclic amines) is 1. The maximum Gasteiger partial charge on any atom is 0.307 e. The summed E-state index contributed by atoms with van der Waals surface area (Å²) < 4.78 is 5.13. The van der Waals surface area contributed by atoms with Gasteiger partial charge in [-0.2, -0.15) is 0 Å². The summed E-state index contributed by atoms with van der Waals surface area (Å²) in [5, 5.41) is 6.36. The van der Waals surface area contributed by atoms with Gasteiger partial charge in [-0.05, 0) is 50.1 Å². The molecule has 0 saturated carbocycles. The van der Waals surface area contributed by atoms with Crippen LogP contribution in [-0.2, 0) is 19.1 Å². The molecule has 2 saturated heterocycles. The van der Waals surface area contributed by atoms with E-state index in [0.29, 0.717) is 43.3 Å². The number of nitrogens with one attached hydrogen (secondary N) is 2. The van der Waals surface area contributed by atoms with Crippen LogP contribution in [0.2, 0.25) is 5.02 Å². The maximum atomic E-state index is 13.2. The summed E-state index contributed by atoms with van der Waals surface area (Å²) in [7, 11) is 0. The predicted molar refractivity (Wildman–Crippen MR) is 131 cm³/mol. The third-order valence-corrected chi connectivity index (χ3v) is 6.77. The number of benzene rings is 2. The molecule has 0 aliphatic carbocycles. The molecule has 0 bridgehead atoms. The van der Waals surface area contributed by atoms with Gasteiger partial charge in [0.15, 0.2) is 0 Å². The van der Waals surface area contributed by atoms with E-state index in [0.717, 1.165) is 5.69 Å². The Morgan fingerprint density at radius 2 is 1.88 bits per heavy atom. The molecule has 0 radical (unpaired) electrons. The molecule has 0 aromatic heterocycles. The van der Waals surface area contributed by atoms with Gasteiger partial charge in [0.05, 0.1) is 19.7 Å². The molecule has 2 aromatic rings. The van der Waals surface area contributed by atoms with Gasteiger partial charge in [-0.15, -0.1) is 0 Å². The number of piperidine rings is 1. The predicted octanol–water partition coefficient (Wildman–Crippen LogP) is 3.03. The van der Waals surface area contributed by atoms with E-state index in [4.69, 9.17) is 16.3 Å². The molecule has 2 N–H and O–H groups in total. The van der Waals surface area contributed by atoms with Crippen LogP contribution in [0, 0.1) is 0 Å². The van der Waals surface area contributed by atoms with E-state index in [1.807, 2.05) is 35.2 Å². The fourth-order valence-electron chi connectivity index (χ4n) is 4.80. The second kappa shape index (κ2) is 10.4. The van der Waals surface area contributed by atoms with Gasteiger partial charge in [0.2, 0.25) is 11.8 Å². The fourth-order valence-corrected chi connectivity index (χ4v) is 4.99. The summed E-state index contributed by atoms with van der Waals surface area (Å²) in [6, 6.07) is 16.0. The van der Waals surface area contributed by atoms with Gasteiger partial charge in [-0.3, -0.25) is 19.3 Å². The topological polar surface area (TPSA) is 91.0 Å². The number of ether oxygens (including phenoxy) is 1. The second-order valence-corrected chi connectivity index (χ2v) is 8.96. The first-order chi connectivity index (χ1) is 16.4. The second-order valence-electron chi connectivity index (χ2n) is 8.52. The highest BCUT2D eigenvalue weighted by Crippen LogP contribution is 2.37. The number of hydrogen-bond donors (Lipinski definition) is 2. The Morgan fingerprint density at radius 1 is 1.15 bits per heavy atom. The summed E-state index contributed by atoms with van der Waals surface area (Å²) in [5.74, 6) is -0.734.